The van der Waals surface area contributed by atoms with Crippen LogP contribution in [-0.2, 0) is 0 Å². The van der Waals surface area contributed by atoms with Crippen molar-refractivity contribution in [2.24, 2.45) is 10.7 Å². The van der Waals surface area contributed by atoms with Crippen LogP contribution in [0.2, 0.25) is 5.02 Å². The standard InChI is InChI=1S/C10H13ClFN3/c1-6(2)14-10(13)15-9-7(11)4-3-5-8(9)12/h3-6H,1-2H3,(H3,13,14,15). The first kappa shape index (κ1) is 11.8. The molecule has 0 saturated heterocycles. The second-order valence-corrected chi connectivity index (χ2v) is 3.74. The molecule has 3 nitrogen and oxygen atoms in total. The van der Waals surface area contributed by atoms with Gasteiger partial charge in [0.25, 0.3) is 0 Å². The number of rotatable bonds is 2. The number of halogens is 2. The molecule has 0 aliphatic rings. The highest BCUT2D eigenvalue weighted by Gasteiger charge is 2.07. The third-order valence-electron chi connectivity index (χ3n) is 1.61. The van der Waals surface area contributed by atoms with Crippen molar-refractivity contribution >= 4 is 23.2 Å². The molecule has 0 aliphatic heterocycles. The first-order valence-electron chi connectivity index (χ1n) is 4.55. The van der Waals surface area contributed by atoms with Crippen LogP contribution in [0, 0.1) is 5.82 Å². The molecule has 0 aromatic heterocycles. The van der Waals surface area contributed by atoms with E-state index in [1.807, 2.05) is 13.8 Å². The second-order valence-electron chi connectivity index (χ2n) is 3.33. The van der Waals surface area contributed by atoms with Gasteiger partial charge in [-0.05, 0) is 26.0 Å². The molecule has 1 aromatic rings. The van der Waals surface area contributed by atoms with Crippen molar-refractivity contribution in [3.8, 4) is 0 Å². The molecule has 5 heteroatoms. The highest BCUT2D eigenvalue weighted by Crippen LogP contribution is 2.24. The third kappa shape index (κ3) is 3.40. The molecule has 15 heavy (non-hydrogen) atoms. The van der Waals surface area contributed by atoms with Gasteiger partial charge in [-0.3, -0.25) is 4.99 Å². The summed E-state index contributed by atoms with van der Waals surface area (Å²) in [7, 11) is 0. The maximum atomic E-state index is 13.3. The Balaban J connectivity index is 2.90. The van der Waals surface area contributed by atoms with Gasteiger partial charge in [0.15, 0.2) is 5.96 Å². The van der Waals surface area contributed by atoms with Crippen molar-refractivity contribution in [3.05, 3.63) is 29.0 Å². The van der Waals surface area contributed by atoms with Crippen LogP contribution in [-0.4, -0.2) is 12.0 Å². The summed E-state index contributed by atoms with van der Waals surface area (Å²) >= 11 is 5.80. The lowest BCUT2D eigenvalue weighted by Gasteiger charge is -2.09. The Bertz CT molecular complexity index is 357. The van der Waals surface area contributed by atoms with Gasteiger partial charge < -0.3 is 11.1 Å². The smallest absolute Gasteiger partial charge is 0.193 e. The molecule has 0 unspecified atom stereocenters. The molecule has 0 fully saturated rings. The lowest BCUT2D eigenvalue weighted by atomic mass is 10.3. The van der Waals surface area contributed by atoms with E-state index in [0.717, 1.165) is 0 Å². The summed E-state index contributed by atoms with van der Waals surface area (Å²) in [4.78, 5) is 4.01. The SMILES string of the molecule is CC(C)N=C(N)Nc1c(F)cccc1Cl. The summed E-state index contributed by atoms with van der Waals surface area (Å²) < 4.78 is 13.3. The molecule has 0 atom stereocenters. The van der Waals surface area contributed by atoms with E-state index in [2.05, 4.69) is 10.3 Å². The number of guanidine groups is 1. The maximum Gasteiger partial charge on any atom is 0.193 e. The fourth-order valence-corrected chi connectivity index (χ4v) is 1.27. The molecule has 0 amide bonds. The number of nitrogens with two attached hydrogens (primary N) is 1. The van der Waals surface area contributed by atoms with Crippen LogP contribution in [0.4, 0.5) is 10.1 Å². The van der Waals surface area contributed by atoms with E-state index >= 15 is 0 Å². The van der Waals surface area contributed by atoms with Gasteiger partial charge in [0.1, 0.15) is 5.82 Å². The van der Waals surface area contributed by atoms with E-state index < -0.39 is 5.82 Å². The number of hydrogen-bond donors (Lipinski definition) is 2. The zero-order valence-corrected chi connectivity index (χ0v) is 9.35. The molecule has 0 bridgehead atoms. The Hall–Kier alpha value is -1.29. The van der Waals surface area contributed by atoms with E-state index in [0.29, 0.717) is 0 Å². The van der Waals surface area contributed by atoms with Gasteiger partial charge in [-0.2, -0.15) is 0 Å². The Kier molecular flexibility index (Phi) is 3.91. The van der Waals surface area contributed by atoms with Gasteiger partial charge >= 0.3 is 0 Å². The van der Waals surface area contributed by atoms with E-state index in [1.54, 1.807) is 6.07 Å². The van der Waals surface area contributed by atoms with Crippen LogP contribution in [0.3, 0.4) is 0 Å². The van der Waals surface area contributed by atoms with Gasteiger partial charge in [0.05, 0.1) is 10.7 Å². The minimum absolute atomic E-state index is 0.0445. The van der Waals surface area contributed by atoms with Crippen molar-refractivity contribution in [3.63, 3.8) is 0 Å². The van der Waals surface area contributed by atoms with Gasteiger partial charge in [-0.25, -0.2) is 4.39 Å². The number of para-hydroxylation sites is 1. The van der Waals surface area contributed by atoms with Crippen LogP contribution in [0.15, 0.2) is 23.2 Å². The molecule has 0 aliphatic carbocycles. The van der Waals surface area contributed by atoms with Gasteiger partial charge in [0.2, 0.25) is 0 Å². The normalized spacial score (nSPS) is 11.9. The van der Waals surface area contributed by atoms with Crippen LogP contribution in [0.5, 0.6) is 0 Å². The van der Waals surface area contributed by atoms with Crippen molar-refractivity contribution < 1.29 is 4.39 Å². The third-order valence-corrected chi connectivity index (χ3v) is 1.93. The zero-order chi connectivity index (χ0) is 11.4. The maximum absolute atomic E-state index is 13.3. The molecule has 0 spiro atoms. The summed E-state index contributed by atoms with van der Waals surface area (Å²) in [5.74, 6) is -0.304. The fourth-order valence-electron chi connectivity index (χ4n) is 1.06. The Morgan fingerprint density at radius 3 is 2.73 bits per heavy atom. The van der Waals surface area contributed by atoms with Gasteiger partial charge in [-0.15, -0.1) is 0 Å². The molecule has 0 radical (unpaired) electrons. The Labute approximate surface area is 93.1 Å². The molecule has 1 aromatic carbocycles. The summed E-state index contributed by atoms with van der Waals surface area (Å²) in [5, 5.41) is 2.91. The molecule has 0 heterocycles. The van der Waals surface area contributed by atoms with Crippen LogP contribution < -0.4 is 11.1 Å². The van der Waals surface area contributed by atoms with Crippen LogP contribution in [0.25, 0.3) is 0 Å². The first-order valence-corrected chi connectivity index (χ1v) is 4.93. The summed E-state index contributed by atoms with van der Waals surface area (Å²) in [6.45, 7) is 3.75. The minimum atomic E-state index is -0.454. The van der Waals surface area contributed by atoms with E-state index in [4.69, 9.17) is 17.3 Å². The lowest BCUT2D eigenvalue weighted by molar-refractivity contribution is 0.632. The first-order chi connectivity index (χ1) is 7.00. The summed E-state index contributed by atoms with van der Waals surface area (Å²) in [6, 6.07) is 4.45. The van der Waals surface area contributed by atoms with Crippen molar-refractivity contribution in [2.45, 2.75) is 19.9 Å². The predicted molar refractivity (Wildman–Crippen MR) is 61.8 cm³/mol. The average molecular weight is 230 g/mol. The Morgan fingerprint density at radius 1 is 1.53 bits per heavy atom. The topological polar surface area (TPSA) is 50.4 Å². The van der Waals surface area contributed by atoms with Gasteiger partial charge in [-0.1, -0.05) is 17.7 Å². The van der Waals surface area contributed by atoms with Crippen molar-refractivity contribution in [1.82, 2.24) is 0 Å². The molecular weight excluding hydrogens is 217 g/mol. The quantitative estimate of drug-likeness (QED) is 0.605. The summed E-state index contributed by atoms with van der Waals surface area (Å²) in [5.41, 5.74) is 5.71. The average Bonchev–Trinajstić information content (AvgIpc) is 2.10. The van der Waals surface area contributed by atoms with Crippen molar-refractivity contribution in [1.29, 1.82) is 0 Å². The zero-order valence-electron chi connectivity index (χ0n) is 8.59. The molecule has 3 N–H and O–H groups in total. The molecule has 82 valence electrons. The number of benzene rings is 1. The molecular formula is C10H13ClFN3. The van der Waals surface area contributed by atoms with Crippen LogP contribution >= 0.6 is 11.6 Å². The number of hydrogen-bond acceptors (Lipinski definition) is 1. The number of anilines is 1. The second kappa shape index (κ2) is 4.98. The highest BCUT2D eigenvalue weighted by molar-refractivity contribution is 6.33. The minimum Gasteiger partial charge on any atom is -0.370 e. The van der Waals surface area contributed by atoms with E-state index in [1.165, 1.54) is 12.1 Å². The molecule has 0 saturated carbocycles. The number of nitrogens with zero attached hydrogens (tertiary/aromatic N) is 1. The number of nitrogens with one attached hydrogen (secondary N) is 1. The fraction of sp³-hybridized carbons (Fsp3) is 0.300. The number of aliphatic imine (C=N–C) groups is 1. The molecule has 1 rings (SSSR count). The Morgan fingerprint density at radius 2 is 2.20 bits per heavy atom. The van der Waals surface area contributed by atoms with E-state index in [9.17, 15) is 4.39 Å². The monoisotopic (exact) mass is 229 g/mol. The van der Waals surface area contributed by atoms with Crippen LogP contribution in [0.1, 0.15) is 13.8 Å². The highest BCUT2D eigenvalue weighted by atomic mass is 35.5. The lowest BCUT2D eigenvalue weighted by Crippen LogP contribution is -2.24. The van der Waals surface area contributed by atoms with Crippen molar-refractivity contribution in [2.75, 3.05) is 5.32 Å². The summed E-state index contributed by atoms with van der Waals surface area (Å²) in [6.07, 6.45) is 0. The largest absolute Gasteiger partial charge is 0.370 e. The van der Waals surface area contributed by atoms with E-state index in [-0.39, 0.29) is 22.7 Å². The van der Waals surface area contributed by atoms with Gasteiger partial charge in [0, 0.05) is 6.04 Å². The predicted octanol–water partition coefficient (Wildman–Crippen LogP) is 2.61.